The van der Waals surface area contributed by atoms with E-state index in [1.54, 1.807) is 10.6 Å². The molecular weight excluding hydrogens is 344 g/mol. The highest BCUT2D eigenvalue weighted by Gasteiger charge is 2.31. The van der Waals surface area contributed by atoms with Crippen LogP contribution in [0.1, 0.15) is 75.5 Å². The molecule has 0 spiro atoms. The molecule has 0 amide bonds. The normalized spacial score (nSPS) is 14.0. The summed E-state index contributed by atoms with van der Waals surface area (Å²) >= 11 is 0. The Balaban J connectivity index is 2.74. The molecular formula is C21H32N2O4. The Labute approximate surface area is 161 Å². The van der Waals surface area contributed by atoms with Crippen LogP contribution >= 0.6 is 0 Å². The summed E-state index contributed by atoms with van der Waals surface area (Å²) in [6.07, 6.45) is 3.67. The van der Waals surface area contributed by atoms with E-state index in [9.17, 15) is 9.59 Å². The van der Waals surface area contributed by atoms with E-state index in [1.807, 2.05) is 6.92 Å². The molecule has 0 fully saturated rings. The molecule has 1 aromatic heterocycles. The van der Waals surface area contributed by atoms with E-state index in [-0.39, 0.29) is 29.7 Å². The molecule has 0 saturated carbocycles. The Morgan fingerprint density at radius 1 is 1.19 bits per heavy atom. The van der Waals surface area contributed by atoms with Crippen molar-refractivity contribution < 1.29 is 14.3 Å². The van der Waals surface area contributed by atoms with Gasteiger partial charge in [0, 0.05) is 13.1 Å². The molecule has 1 aliphatic carbocycles. The number of ketones is 1. The minimum Gasteiger partial charge on any atom is -0.498 e. The molecule has 0 atom stereocenters. The largest absolute Gasteiger partial charge is 0.498 e. The zero-order valence-corrected chi connectivity index (χ0v) is 17.2. The molecule has 2 N–H and O–H groups in total. The van der Waals surface area contributed by atoms with Crippen LogP contribution in [-0.4, -0.2) is 23.6 Å². The fourth-order valence-electron chi connectivity index (χ4n) is 3.23. The summed E-state index contributed by atoms with van der Waals surface area (Å²) in [5.41, 5.74) is 6.95. The summed E-state index contributed by atoms with van der Waals surface area (Å²) in [5, 5.41) is 0. The zero-order valence-electron chi connectivity index (χ0n) is 17.2. The summed E-state index contributed by atoms with van der Waals surface area (Å²) in [5.74, 6) is 0.827. The molecule has 6 nitrogen and oxygen atoms in total. The number of carbonyl (C=O) groups excluding carboxylic acids is 1. The maximum Gasteiger partial charge on any atom is 0.259 e. The second-order valence-corrected chi connectivity index (χ2v) is 8.07. The lowest BCUT2D eigenvalue weighted by molar-refractivity contribution is 0.0956. The van der Waals surface area contributed by atoms with Gasteiger partial charge < -0.3 is 19.8 Å². The van der Waals surface area contributed by atoms with Crippen LogP contribution in [0.15, 0.2) is 10.6 Å². The zero-order chi connectivity index (χ0) is 20.2. The van der Waals surface area contributed by atoms with Gasteiger partial charge in [0.1, 0.15) is 5.76 Å². The van der Waals surface area contributed by atoms with Crippen LogP contribution in [-0.2, 0) is 17.8 Å². The lowest BCUT2D eigenvalue weighted by atomic mass is 9.92. The Hall–Kier alpha value is -2.08. The molecule has 1 aromatic rings. The minimum absolute atomic E-state index is 0.131. The van der Waals surface area contributed by atoms with Gasteiger partial charge in [0.05, 0.1) is 36.5 Å². The third-order valence-corrected chi connectivity index (χ3v) is 4.38. The van der Waals surface area contributed by atoms with E-state index in [0.717, 1.165) is 12.8 Å². The lowest BCUT2D eigenvalue weighted by Crippen LogP contribution is -2.35. The first-order valence-electron chi connectivity index (χ1n) is 9.72. The topological polar surface area (TPSA) is 83.6 Å². The van der Waals surface area contributed by atoms with Crippen LogP contribution in [0, 0.1) is 5.41 Å². The van der Waals surface area contributed by atoms with E-state index in [0.29, 0.717) is 48.1 Å². The Kier molecular flexibility index (Phi) is 6.87. The SMILES string of the molecule is CCCCOc1c2c(c(=O)n(CC(C)(C)C)c1CN)C=C(OCC)CC2=O. The number of nitrogens with two attached hydrogens (primary N) is 1. The number of ether oxygens (including phenoxy) is 2. The minimum atomic E-state index is -0.214. The molecule has 0 aliphatic heterocycles. The molecule has 0 aromatic carbocycles. The van der Waals surface area contributed by atoms with Crippen molar-refractivity contribution in [3.05, 3.63) is 32.9 Å². The first-order valence-corrected chi connectivity index (χ1v) is 9.72. The molecule has 0 unspecified atom stereocenters. The Bertz CT molecular complexity index is 785. The number of rotatable bonds is 8. The van der Waals surface area contributed by atoms with Gasteiger partial charge in [-0.2, -0.15) is 0 Å². The average Bonchev–Trinajstić information content (AvgIpc) is 2.58. The lowest BCUT2D eigenvalue weighted by Gasteiger charge is -2.27. The molecule has 0 radical (unpaired) electrons. The molecule has 0 saturated heterocycles. The number of allylic oxidation sites excluding steroid dienone is 1. The van der Waals surface area contributed by atoms with E-state index >= 15 is 0 Å². The highest BCUT2D eigenvalue weighted by atomic mass is 16.5. The average molecular weight is 376 g/mol. The molecule has 0 bridgehead atoms. The van der Waals surface area contributed by atoms with Crippen molar-refractivity contribution in [2.45, 2.75) is 67.0 Å². The van der Waals surface area contributed by atoms with Crippen molar-refractivity contribution in [2.24, 2.45) is 11.1 Å². The number of hydrogen-bond donors (Lipinski definition) is 1. The number of aromatic nitrogens is 1. The number of nitrogens with zero attached hydrogens (tertiary/aromatic N) is 1. The molecule has 1 aliphatic rings. The van der Waals surface area contributed by atoms with Crippen LogP contribution in [0.2, 0.25) is 0 Å². The fraction of sp³-hybridized carbons (Fsp3) is 0.619. The van der Waals surface area contributed by atoms with Gasteiger partial charge in [-0.25, -0.2) is 0 Å². The third-order valence-electron chi connectivity index (χ3n) is 4.38. The van der Waals surface area contributed by atoms with Crippen LogP contribution in [0.4, 0.5) is 0 Å². The number of pyridine rings is 1. The summed E-state index contributed by atoms with van der Waals surface area (Å²) < 4.78 is 13.2. The van der Waals surface area contributed by atoms with Gasteiger partial charge in [-0.1, -0.05) is 34.1 Å². The van der Waals surface area contributed by atoms with Crippen molar-refractivity contribution in [3.63, 3.8) is 0 Å². The highest BCUT2D eigenvalue weighted by molar-refractivity contribution is 6.05. The van der Waals surface area contributed by atoms with E-state index in [4.69, 9.17) is 15.2 Å². The number of carbonyl (C=O) groups is 1. The smallest absolute Gasteiger partial charge is 0.259 e. The summed E-state index contributed by atoms with van der Waals surface area (Å²) in [6, 6.07) is 0. The first kappa shape index (κ1) is 21.2. The molecule has 1 heterocycles. The fourth-order valence-corrected chi connectivity index (χ4v) is 3.23. The number of fused-ring (bicyclic) bond motifs is 1. The van der Waals surface area contributed by atoms with Crippen molar-refractivity contribution in [1.29, 1.82) is 0 Å². The van der Waals surface area contributed by atoms with Gasteiger partial charge in [-0.05, 0) is 24.8 Å². The molecule has 27 heavy (non-hydrogen) atoms. The quantitative estimate of drug-likeness (QED) is 0.702. The predicted molar refractivity (Wildman–Crippen MR) is 107 cm³/mol. The van der Waals surface area contributed by atoms with Crippen molar-refractivity contribution >= 4 is 11.9 Å². The van der Waals surface area contributed by atoms with Gasteiger partial charge >= 0.3 is 0 Å². The molecule has 150 valence electrons. The maximum absolute atomic E-state index is 13.2. The van der Waals surface area contributed by atoms with Gasteiger partial charge in [-0.15, -0.1) is 0 Å². The second-order valence-electron chi connectivity index (χ2n) is 8.07. The van der Waals surface area contributed by atoms with Crippen LogP contribution in [0.5, 0.6) is 5.75 Å². The summed E-state index contributed by atoms with van der Waals surface area (Å²) in [6.45, 7) is 11.7. The van der Waals surface area contributed by atoms with E-state index in [1.165, 1.54) is 0 Å². The third kappa shape index (κ3) is 4.80. The summed E-state index contributed by atoms with van der Waals surface area (Å²) in [4.78, 5) is 26.1. The maximum atomic E-state index is 13.2. The number of hydrogen-bond acceptors (Lipinski definition) is 5. The van der Waals surface area contributed by atoms with Gasteiger partial charge in [0.15, 0.2) is 11.5 Å². The molecule has 6 heteroatoms. The van der Waals surface area contributed by atoms with Gasteiger partial charge in [0.2, 0.25) is 0 Å². The number of Topliss-reactive ketones (excluding diaryl/α,β-unsaturated/α-hetero) is 1. The predicted octanol–water partition coefficient (Wildman–Crippen LogP) is 3.50. The van der Waals surface area contributed by atoms with Crippen LogP contribution in [0.25, 0.3) is 6.08 Å². The van der Waals surface area contributed by atoms with Crippen molar-refractivity contribution in [3.8, 4) is 5.75 Å². The van der Waals surface area contributed by atoms with Crippen molar-refractivity contribution in [1.82, 2.24) is 4.57 Å². The van der Waals surface area contributed by atoms with Gasteiger partial charge in [0.25, 0.3) is 5.56 Å². The first-order chi connectivity index (χ1) is 12.7. The Morgan fingerprint density at radius 2 is 1.89 bits per heavy atom. The summed E-state index contributed by atoms with van der Waals surface area (Å²) in [7, 11) is 0. The monoisotopic (exact) mass is 376 g/mol. The highest BCUT2D eigenvalue weighted by Crippen LogP contribution is 2.33. The van der Waals surface area contributed by atoms with Crippen molar-refractivity contribution in [2.75, 3.05) is 13.2 Å². The number of unbranched alkanes of at least 4 members (excludes halogenated alkanes) is 1. The van der Waals surface area contributed by atoms with E-state index < -0.39 is 0 Å². The standard InChI is InChI=1S/C21H32N2O4/c1-6-8-9-27-19-16(12-22)23(13-21(3,4)5)20(25)15-10-14(26-7-2)11-17(24)18(15)19/h10H,6-9,11-13,22H2,1-5H3. The van der Waals surface area contributed by atoms with Crippen LogP contribution in [0.3, 0.4) is 0 Å². The van der Waals surface area contributed by atoms with Gasteiger partial charge in [-0.3, -0.25) is 9.59 Å². The second kappa shape index (κ2) is 8.74. The van der Waals surface area contributed by atoms with E-state index in [2.05, 4.69) is 27.7 Å². The Morgan fingerprint density at radius 3 is 2.44 bits per heavy atom. The molecule has 2 rings (SSSR count). The van der Waals surface area contributed by atoms with Crippen LogP contribution < -0.4 is 16.0 Å².